The minimum Gasteiger partial charge on any atom is -0.494 e. The molecule has 0 atom stereocenters. The molecule has 0 aliphatic rings. The molecule has 1 amide bonds. The van der Waals surface area contributed by atoms with E-state index in [4.69, 9.17) is 4.74 Å². The van der Waals surface area contributed by atoms with E-state index >= 15 is 0 Å². The summed E-state index contributed by atoms with van der Waals surface area (Å²) in [4.78, 5) is 17.0. The summed E-state index contributed by atoms with van der Waals surface area (Å²) in [5, 5.41) is 14.5. The molecule has 0 aliphatic heterocycles. The molecule has 0 unspecified atom stereocenters. The Hall–Kier alpha value is -3.43. The van der Waals surface area contributed by atoms with E-state index in [0.29, 0.717) is 11.7 Å². The molecule has 2 aromatic carbocycles. The average molecular weight is 418 g/mol. The first-order valence-electron chi connectivity index (χ1n) is 9.83. The highest BCUT2D eigenvalue weighted by Crippen LogP contribution is 2.25. The van der Waals surface area contributed by atoms with Gasteiger partial charge in [-0.2, -0.15) is 5.26 Å². The fourth-order valence-corrected chi connectivity index (χ4v) is 3.45. The van der Waals surface area contributed by atoms with Gasteiger partial charge >= 0.3 is 0 Å². The van der Waals surface area contributed by atoms with Crippen molar-refractivity contribution in [3.05, 3.63) is 70.6 Å². The Morgan fingerprint density at radius 2 is 1.90 bits per heavy atom. The first-order chi connectivity index (χ1) is 14.6. The molecule has 0 saturated carbocycles. The van der Waals surface area contributed by atoms with Crippen LogP contribution in [0, 0.1) is 11.3 Å². The number of rotatable bonds is 8. The highest BCUT2D eigenvalue weighted by Gasteiger charge is 2.13. The molecule has 1 heterocycles. The number of amides is 1. The normalized spacial score (nSPS) is 11.0. The Morgan fingerprint density at radius 1 is 1.17 bits per heavy atom. The van der Waals surface area contributed by atoms with Crippen molar-refractivity contribution in [2.45, 2.75) is 26.7 Å². The van der Waals surface area contributed by atoms with Gasteiger partial charge in [0.15, 0.2) is 5.13 Å². The van der Waals surface area contributed by atoms with Crippen LogP contribution in [0.1, 0.15) is 31.4 Å². The van der Waals surface area contributed by atoms with Crippen LogP contribution in [0.5, 0.6) is 5.75 Å². The topological polar surface area (TPSA) is 75.0 Å². The summed E-state index contributed by atoms with van der Waals surface area (Å²) < 4.78 is 5.55. The molecule has 1 N–H and O–H groups in total. The van der Waals surface area contributed by atoms with Crippen LogP contribution in [-0.2, 0) is 11.2 Å². The van der Waals surface area contributed by atoms with Crippen molar-refractivity contribution in [1.29, 1.82) is 5.26 Å². The Labute approximate surface area is 180 Å². The second kappa shape index (κ2) is 10.4. The number of benzene rings is 2. The molecule has 3 aromatic rings. The Balaban J connectivity index is 1.68. The quantitative estimate of drug-likeness (QED) is 0.376. The number of nitrogens with one attached hydrogen (secondary N) is 1. The van der Waals surface area contributed by atoms with Crippen LogP contribution >= 0.6 is 11.3 Å². The van der Waals surface area contributed by atoms with Crippen molar-refractivity contribution in [1.82, 2.24) is 4.98 Å². The van der Waals surface area contributed by atoms with Gasteiger partial charge in [-0.1, -0.05) is 50.2 Å². The second-order valence-electron chi connectivity index (χ2n) is 6.63. The maximum absolute atomic E-state index is 12.5. The van der Waals surface area contributed by atoms with Crippen molar-refractivity contribution < 1.29 is 9.53 Å². The second-order valence-corrected chi connectivity index (χ2v) is 7.49. The van der Waals surface area contributed by atoms with E-state index in [2.05, 4.69) is 29.4 Å². The smallest absolute Gasteiger partial charge is 0.268 e. The summed E-state index contributed by atoms with van der Waals surface area (Å²) in [6.45, 7) is 4.81. The van der Waals surface area contributed by atoms with Gasteiger partial charge in [0.05, 0.1) is 12.3 Å². The molecule has 6 heteroatoms. The summed E-state index contributed by atoms with van der Waals surface area (Å²) in [5.74, 6) is 0.283. The number of aromatic nitrogens is 1. The van der Waals surface area contributed by atoms with Crippen LogP contribution in [0.4, 0.5) is 5.13 Å². The van der Waals surface area contributed by atoms with Crippen LogP contribution in [0.3, 0.4) is 0 Å². The molecule has 152 valence electrons. The third-order valence-corrected chi connectivity index (χ3v) is 5.17. The zero-order valence-corrected chi connectivity index (χ0v) is 17.8. The first-order valence-corrected chi connectivity index (χ1v) is 10.7. The Kier molecular flexibility index (Phi) is 7.36. The van der Waals surface area contributed by atoms with Gasteiger partial charge < -0.3 is 4.74 Å². The molecule has 0 bridgehead atoms. The Morgan fingerprint density at radius 3 is 2.53 bits per heavy atom. The number of thiazole rings is 1. The number of carbonyl (C=O) groups excluding carboxylic acids is 1. The number of carbonyl (C=O) groups is 1. The van der Waals surface area contributed by atoms with E-state index in [1.807, 2.05) is 54.8 Å². The van der Waals surface area contributed by atoms with Crippen LogP contribution in [0.25, 0.3) is 17.3 Å². The van der Waals surface area contributed by atoms with Crippen LogP contribution in [0.15, 0.2) is 59.5 Å². The van der Waals surface area contributed by atoms with E-state index in [1.54, 1.807) is 6.08 Å². The predicted molar refractivity (Wildman–Crippen MR) is 121 cm³/mol. The van der Waals surface area contributed by atoms with Gasteiger partial charge in [-0.05, 0) is 42.2 Å². The van der Waals surface area contributed by atoms with Crippen molar-refractivity contribution in [2.24, 2.45) is 0 Å². The molecule has 3 rings (SSSR count). The van der Waals surface area contributed by atoms with Gasteiger partial charge in [0.25, 0.3) is 5.91 Å². The highest BCUT2D eigenvalue weighted by atomic mass is 32.1. The molecule has 0 saturated heterocycles. The molecule has 0 aliphatic carbocycles. The summed E-state index contributed by atoms with van der Waals surface area (Å²) in [6, 6.07) is 17.4. The predicted octanol–water partition coefficient (Wildman–Crippen LogP) is 5.71. The van der Waals surface area contributed by atoms with Gasteiger partial charge in [0.1, 0.15) is 17.4 Å². The minimum absolute atomic E-state index is 0.0151. The van der Waals surface area contributed by atoms with Crippen LogP contribution in [-0.4, -0.2) is 17.5 Å². The third-order valence-electron chi connectivity index (χ3n) is 4.41. The number of ether oxygens (including phenoxy) is 1. The lowest BCUT2D eigenvalue weighted by Gasteiger charge is -2.04. The number of nitrogens with zero attached hydrogens (tertiary/aromatic N) is 2. The van der Waals surface area contributed by atoms with E-state index < -0.39 is 5.91 Å². The Bertz CT molecular complexity index is 1060. The maximum Gasteiger partial charge on any atom is 0.268 e. The molecule has 30 heavy (non-hydrogen) atoms. The van der Waals surface area contributed by atoms with Crippen LogP contribution in [0.2, 0.25) is 0 Å². The first kappa shape index (κ1) is 21.3. The van der Waals surface area contributed by atoms with Gasteiger partial charge in [-0.15, -0.1) is 11.3 Å². The van der Waals surface area contributed by atoms with Crippen molar-refractivity contribution in [3.63, 3.8) is 0 Å². The number of hydrogen-bond acceptors (Lipinski definition) is 5. The number of nitriles is 1. The molecule has 0 fully saturated rings. The fraction of sp³-hybridized carbons (Fsp3) is 0.208. The zero-order chi connectivity index (χ0) is 21.3. The lowest BCUT2D eigenvalue weighted by Crippen LogP contribution is -2.13. The van der Waals surface area contributed by atoms with Crippen molar-refractivity contribution >= 4 is 28.5 Å². The van der Waals surface area contributed by atoms with E-state index in [0.717, 1.165) is 35.4 Å². The van der Waals surface area contributed by atoms with E-state index in [9.17, 15) is 10.1 Å². The third kappa shape index (κ3) is 5.56. The summed E-state index contributed by atoms with van der Waals surface area (Å²) >= 11 is 1.33. The number of anilines is 1. The van der Waals surface area contributed by atoms with Gasteiger partial charge in [0, 0.05) is 10.9 Å². The lowest BCUT2D eigenvalue weighted by molar-refractivity contribution is -0.112. The van der Waals surface area contributed by atoms with Crippen molar-refractivity contribution in [2.75, 3.05) is 11.9 Å². The molecule has 1 aromatic heterocycles. The average Bonchev–Trinajstić information content (AvgIpc) is 3.25. The molecule has 0 radical (unpaired) electrons. The molecule has 5 nitrogen and oxygen atoms in total. The van der Waals surface area contributed by atoms with Gasteiger partial charge in [0.2, 0.25) is 0 Å². The monoisotopic (exact) mass is 417 g/mol. The van der Waals surface area contributed by atoms with E-state index in [1.165, 1.54) is 16.9 Å². The molecular formula is C24H23N3O2S. The summed E-state index contributed by atoms with van der Waals surface area (Å²) in [6.07, 6.45) is 3.47. The largest absolute Gasteiger partial charge is 0.494 e. The van der Waals surface area contributed by atoms with Gasteiger partial charge in [-0.3, -0.25) is 10.1 Å². The van der Waals surface area contributed by atoms with Gasteiger partial charge in [-0.25, -0.2) is 4.98 Å². The van der Waals surface area contributed by atoms with E-state index in [-0.39, 0.29) is 5.57 Å². The minimum atomic E-state index is -0.481. The summed E-state index contributed by atoms with van der Waals surface area (Å²) in [7, 11) is 0. The zero-order valence-electron chi connectivity index (χ0n) is 17.0. The number of hydrogen-bond donors (Lipinski definition) is 1. The summed E-state index contributed by atoms with van der Waals surface area (Å²) in [5.41, 5.74) is 3.81. The SMILES string of the molecule is CCCOc1ccc(/C=C(\C#N)C(=O)Nc2nc(-c3ccc(CC)cc3)cs2)cc1. The number of aryl methyl sites for hydroxylation is 1. The lowest BCUT2D eigenvalue weighted by atomic mass is 10.1. The van der Waals surface area contributed by atoms with Crippen molar-refractivity contribution in [3.8, 4) is 23.1 Å². The molecular weight excluding hydrogens is 394 g/mol. The standard InChI is InChI=1S/C24H23N3O2S/c1-3-13-29-21-11-7-18(8-12-21)14-20(15-25)23(28)27-24-26-22(16-30-24)19-9-5-17(4-2)6-10-19/h5-12,14,16H,3-4,13H2,1-2H3,(H,26,27,28)/b20-14+. The highest BCUT2D eigenvalue weighted by molar-refractivity contribution is 7.14. The maximum atomic E-state index is 12.5. The van der Waals surface area contributed by atoms with Crippen LogP contribution < -0.4 is 10.1 Å². The fourth-order valence-electron chi connectivity index (χ4n) is 2.73. The molecule has 0 spiro atoms.